The summed E-state index contributed by atoms with van der Waals surface area (Å²) in [4.78, 5) is 0. The quantitative estimate of drug-likeness (QED) is 0.401. The first-order valence-electron chi connectivity index (χ1n) is 3.13. The second-order valence-electron chi connectivity index (χ2n) is 2.64. The summed E-state index contributed by atoms with van der Waals surface area (Å²) in [5.41, 5.74) is 0. The number of halogens is 9. The van der Waals surface area contributed by atoms with Crippen LogP contribution in [0.2, 0.25) is 0 Å². The summed E-state index contributed by atoms with van der Waals surface area (Å²) in [5.74, 6) is 0. The number of alkyl halides is 8. The molecule has 11 heteroatoms. The Morgan fingerprint density at radius 2 is 0.933 bits per heavy atom. The fourth-order valence-electron chi connectivity index (χ4n) is 0.770. The van der Waals surface area contributed by atoms with Crippen LogP contribution in [0, 0.1) is 0 Å². The van der Waals surface area contributed by atoms with Crippen LogP contribution in [0.25, 0.3) is 0 Å². The summed E-state index contributed by atoms with van der Waals surface area (Å²) < 4.78 is 109. The molecule has 0 atom stereocenters. The zero-order valence-electron chi connectivity index (χ0n) is 6.35. The second kappa shape index (κ2) is 2.70. The van der Waals surface area contributed by atoms with Crippen LogP contribution in [0.3, 0.4) is 0 Å². The van der Waals surface area contributed by atoms with E-state index < -0.39 is 34.6 Å². The summed E-state index contributed by atoms with van der Waals surface area (Å²) >= 11 is 0. The molecule has 15 heavy (non-hydrogen) atoms. The molecule has 1 rings (SSSR count). The van der Waals surface area contributed by atoms with Gasteiger partial charge in [0.2, 0.25) is 0 Å². The van der Waals surface area contributed by atoms with Gasteiger partial charge >= 0.3 is 24.2 Å². The highest BCUT2D eigenvalue weighted by molar-refractivity contribution is 4.97. The molecule has 1 saturated heterocycles. The van der Waals surface area contributed by atoms with Crippen LogP contribution in [-0.4, -0.2) is 29.3 Å². The highest BCUT2D eigenvalue weighted by Crippen LogP contribution is 2.51. The van der Waals surface area contributed by atoms with E-state index in [1.807, 2.05) is 0 Å². The van der Waals surface area contributed by atoms with E-state index in [1.54, 1.807) is 0 Å². The minimum Gasteiger partial charge on any atom is -0.184 e. The zero-order chi connectivity index (χ0) is 12.3. The molecule has 0 aromatic rings. The molecule has 1 N–H and O–H groups in total. The Balaban J connectivity index is 3.24. The van der Waals surface area contributed by atoms with Crippen LogP contribution < -0.4 is 5.32 Å². The van der Waals surface area contributed by atoms with Gasteiger partial charge in [-0.2, -0.15) is 40.4 Å². The van der Waals surface area contributed by atoms with Gasteiger partial charge in [0, 0.05) is 0 Å². The number of rotatable bonds is 0. The molecular formula is C4HF9N2. The number of hydrogen-bond acceptors (Lipinski definition) is 2. The summed E-state index contributed by atoms with van der Waals surface area (Å²) in [6.45, 7) is 0. The van der Waals surface area contributed by atoms with Crippen molar-refractivity contribution in [3.05, 3.63) is 0 Å². The van der Waals surface area contributed by atoms with E-state index in [9.17, 15) is 39.6 Å². The smallest absolute Gasteiger partial charge is 0.184 e. The molecule has 0 amide bonds. The monoisotopic (exact) mass is 248 g/mol. The van der Waals surface area contributed by atoms with Gasteiger partial charge in [-0.25, -0.2) is 0 Å². The maximum atomic E-state index is 12.1. The summed E-state index contributed by atoms with van der Waals surface area (Å²) in [5, 5.41) is -3.76. The van der Waals surface area contributed by atoms with Gasteiger partial charge in [-0.05, 0) is 5.12 Å². The predicted molar refractivity (Wildman–Crippen MR) is 25.9 cm³/mol. The Bertz CT molecular complexity index is 247. The van der Waals surface area contributed by atoms with E-state index in [0.717, 1.165) is 0 Å². The SMILES string of the molecule is FN1C(F)(F)C(F)(F)NC(F)(F)C1(F)F. The third kappa shape index (κ3) is 1.36. The first-order valence-corrected chi connectivity index (χ1v) is 3.13. The van der Waals surface area contributed by atoms with E-state index in [-0.39, 0.29) is 0 Å². The lowest BCUT2D eigenvalue weighted by molar-refractivity contribution is -0.495. The Hall–Kier alpha value is -0.710. The van der Waals surface area contributed by atoms with Gasteiger partial charge in [0.05, 0.1) is 0 Å². The molecule has 0 radical (unpaired) electrons. The first kappa shape index (κ1) is 12.4. The van der Waals surface area contributed by atoms with Crippen LogP contribution in [0.15, 0.2) is 0 Å². The highest BCUT2D eigenvalue weighted by atomic mass is 19.4. The lowest BCUT2D eigenvalue weighted by Gasteiger charge is -2.43. The second-order valence-corrected chi connectivity index (χ2v) is 2.64. The van der Waals surface area contributed by atoms with E-state index in [4.69, 9.17) is 0 Å². The highest BCUT2D eigenvalue weighted by Gasteiger charge is 2.82. The van der Waals surface area contributed by atoms with Crippen LogP contribution in [0.1, 0.15) is 0 Å². The molecule has 1 aliphatic rings. The maximum absolute atomic E-state index is 12.1. The molecule has 0 aliphatic carbocycles. The lowest BCUT2D eigenvalue weighted by atomic mass is 10.2. The Morgan fingerprint density at radius 3 is 1.20 bits per heavy atom. The van der Waals surface area contributed by atoms with Crippen LogP contribution >= 0.6 is 0 Å². The van der Waals surface area contributed by atoms with Gasteiger partial charge in [-0.1, -0.05) is 0 Å². The van der Waals surface area contributed by atoms with Crippen molar-refractivity contribution >= 4 is 0 Å². The average molecular weight is 248 g/mol. The van der Waals surface area contributed by atoms with Crippen molar-refractivity contribution in [3.63, 3.8) is 0 Å². The molecule has 2 nitrogen and oxygen atoms in total. The standard InChI is InChI=1S/C4HF9N2/c5-1(6)3(9,10)15(13)4(11,12)2(7,8)14-1/h14H. The first-order chi connectivity index (χ1) is 6.36. The van der Waals surface area contributed by atoms with Crippen LogP contribution in [0.4, 0.5) is 39.6 Å². The van der Waals surface area contributed by atoms with Crippen molar-refractivity contribution in [2.45, 2.75) is 24.2 Å². The summed E-state index contributed by atoms with van der Waals surface area (Å²) in [6, 6.07) is -23.8. The molecule has 0 unspecified atom stereocenters. The number of nitrogens with one attached hydrogen (secondary N) is 1. The predicted octanol–water partition coefficient (Wildman–Crippen LogP) is 2.15. The van der Waals surface area contributed by atoms with Crippen molar-refractivity contribution in [2.24, 2.45) is 0 Å². The van der Waals surface area contributed by atoms with Crippen molar-refractivity contribution in [2.75, 3.05) is 0 Å². The van der Waals surface area contributed by atoms with Gasteiger partial charge in [0.1, 0.15) is 0 Å². The van der Waals surface area contributed by atoms with Gasteiger partial charge in [-0.3, -0.25) is 0 Å². The minimum absolute atomic E-state index is 0.605. The normalized spacial score (nSPS) is 32.6. The lowest BCUT2D eigenvalue weighted by Crippen LogP contribution is -2.78. The number of nitrogens with zero attached hydrogens (tertiary/aromatic N) is 1. The molecule has 0 bridgehead atoms. The number of piperazine rings is 1. The Labute approximate surface area is 75.6 Å². The van der Waals surface area contributed by atoms with Gasteiger partial charge in [0.15, 0.2) is 0 Å². The van der Waals surface area contributed by atoms with Crippen molar-refractivity contribution in [3.8, 4) is 0 Å². The third-order valence-corrected chi connectivity index (χ3v) is 1.56. The van der Waals surface area contributed by atoms with Gasteiger partial charge in [-0.15, -0.1) is 4.48 Å². The molecule has 1 heterocycles. The molecular weight excluding hydrogens is 247 g/mol. The van der Waals surface area contributed by atoms with Crippen molar-refractivity contribution in [1.82, 2.24) is 10.4 Å². The Morgan fingerprint density at radius 1 is 0.667 bits per heavy atom. The van der Waals surface area contributed by atoms with E-state index >= 15 is 0 Å². The van der Waals surface area contributed by atoms with Crippen molar-refractivity contribution < 1.29 is 39.6 Å². The van der Waals surface area contributed by atoms with Gasteiger partial charge in [0.25, 0.3) is 0 Å². The molecule has 1 fully saturated rings. The summed E-state index contributed by atoms with van der Waals surface area (Å²) in [7, 11) is 0. The van der Waals surface area contributed by atoms with Crippen LogP contribution in [0.5, 0.6) is 0 Å². The minimum atomic E-state index is -6.09. The molecule has 0 spiro atoms. The molecule has 90 valence electrons. The summed E-state index contributed by atoms with van der Waals surface area (Å²) in [6.07, 6.45) is 0. The number of hydrogen-bond donors (Lipinski definition) is 1. The molecule has 0 aromatic carbocycles. The topological polar surface area (TPSA) is 15.3 Å². The molecule has 1 aliphatic heterocycles. The van der Waals surface area contributed by atoms with Crippen LogP contribution in [-0.2, 0) is 0 Å². The Kier molecular flexibility index (Phi) is 2.22. The zero-order valence-corrected chi connectivity index (χ0v) is 6.35. The third-order valence-electron chi connectivity index (χ3n) is 1.56. The fraction of sp³-hybridized carbons (Fsp3) is 1.00. The molecule has 0 saturated carbocycles. The largest absolute Gasteiger partial charge is 0.412 e. The average Bonchev–Trinajstić information content (AvgIpc) is 1.98. The maximum Gasteiger partial charge on any atom is 0.412 e. The van der Waals surface area contributed by atoms with Gasteiger partial charge < -0.3 is 0 Å². The van der Waals surface area contributed by atoms with E-state index in [2.05, 4.69) is 0 Å². The van der Waals surface area contributed by atoms with Crippen molar-refractivity contribution in [1.29, 1.82) is 0 Å². The van der Waals surface area contributed by atoms with E-state index in [0.29, 0.717) is 0 Å². The van der Waals surface area contributed by atoms with E-state index in [1.165, 1.54) is 0 Å². The fourth-order valence-corrected chi connectivity index (χ4v) is 0.770. The molecule has 0 aromatic heterocycles.